The molecule has 0 amide bonds. The topological polar surface area (TPSA) is 33.7 Å². The van der Waals surface area contributed by atoms with Gasteiger partial charge in [-0.2, -0.15) is 0 Å². The Kier molecular flexibility index (Phi) is 6.96. The lowest BCUT2D eigenvalue weighted by Crippen LogP contribution is -2.42. The second-order valence-corrected chi connectivity index (χ2v) is 6.33. The molecular formula is C16H25BrN2O2. The average Bonchev–Trinajstić information content (AvgIpc) is 2.47. The van der Waals surface area contributed by atoms with Gasteiger partial charge in [0.15, 0.2) is 0 Å². The van der Waals surface area contributed by atoms with Crippen LogP contribution >= 0.6 is 15.9 Å². The Morgan fingerprint density at radius 2 is 2.33 bits per heavy atom. The van der Waals surface area contributed by atoms with Crippen LogP contribution in [0.5, 0.6) is 5.75 Å². The zero-order chi connectivity index (χ0) is 15.1. The molecule has 1 aromatic carbocycles. The largest absolute Gasteiger partial charge is 0.489 e. The molecule has 4 nitrogen and oxygen atoms in total. The SMILES string of the molecule is CCCNCc1cccc(Br)c1OCC1CN(C)CCO1. The molecule has 1 aromatic rings. The van der Waals surface area contributed by atoms with E-state index in [1.807, 2.05) is 12.1 Å². The Morgan fingerprint density at radius 3 is 3.10 bits per heavy atom. The highest BCUT2D eigenvalue weighted by atomic mass is 79.9. The van der Waals surface area contributed by atoms with E-state index in [4.69, 9.17) is 9.47 Å². The molecule has 1 heterocycles. The molecule has 1 unspecified atom stereocenters. The summed E-state index contributed by atoms with van der Waals surface area (Å²) in [4.78, 5) is 2.28. The molecule has 1 aliphatic heterocycles. The molecule has 0 aromatic heterocycles. The van der Waals surface area contributed by atoms with Crippen molar-refractivity contribution in [2.45, 2.75) is 26.0 Å². The second kappa shape index (κ2) is 8.73. The molecule has 5 heteroatoms. The van der Waals surface area contributed by atoms with Gasteiger partial charge in [0.25, 0.3) is 0 Å². The summed E-state index contributed by atoms with van der Waals surface area (Å²) in [7, 11) is 2.12. The van der Waals surface area contributed by atoms with Gasteiger partial charge >= 0.3 is 0 Å². The van der Waals surface area contributed by atoms with E-state index >= 15 is 0 Å². The molecule has 1 saturated heterocycles. The number of rotatable bonds is 7. The Hall–Kier alpha value is -0.620. The van der Waals surface area contributed by atoms with Crippen molar-refractivity contribution >= 4 is 15.9 Å². The quantitative estimate of drug-likeness (QED) is 0.761. The van der Waals surface area contributed by atoms with Crippen LogP contribution in [0.25, 0.3) is 0 Å². The first kappa shape index (κ1) is 16.7. The van der Waals surface area contributed by atoms with E-state index < -0.39 is 0 Å². The van der Waals surface area contributed by atoms with Crippen LogP contribution in [0.4, 0.5) is 0 Å². The monoisotopic (exact) mass is 356 g/mol. The minimum absolute atomic E-state index is 0.146. The second-order valence-electron chi connectivity index (χ2n) is 5.47. The van der Waals surface area contributed by atoms with Crippen LogP contribution in [0, 0.1) is 0 Å². The average molecular weight is 357 g/mol. The van der Waals surface area contributed by atoms with Gasteiger partial charge < -0.3 is 19.7 Å². The van der Waals surface area contributed by atoms with E-state index in [-0.39, 0.29) is 6.10 Å². The van der Waals surface area contributed by atoms with Crippen molar-refractivity contribution in [3.8, 4) is 5.75 Å². The molecule has 1 aliphatic rings. The first-order valence-electron chi connectivity index (χ1n) is 7.61. The van der Waals surface area contributed by atoms with E-state index in [1.54, 1.807) is 0 Å². The fraction of sp³-hybridized carbons (Fsp3) is 0.625. The van der Waals surface area contributed by atoms with E-state index in [2.05, 4.69) is 46.2 Å². The summed E-state index contributed by atoms with van der Waals surface area (Å²) in [5.74, 6) is 0.929. The summed E-state index contributed by atoms with van der Waals surface area (Å²) in [5, 5.41) is 3.42. The molecule has 0 bridgehead atoms. The van der Waals surface area contributed by atoms with Crippen LogP contribution < -0.4 is 10.1 Å². The molecule has 2 rings (SSSR count). The van der Waals surface area contributed by atoms with Crippen molar-refractivity contribution in [2.75, 3.05) is 39.9 Å². The van der Waals surface area contributed by atoms with E-state index in [1.165, 1.54) is 5.56 Å². The maximum absolute atomic E-state index is 6.05. The van der Waals surface area contributed by atoms with Gasteiger partial charge in [-0.15, -0.1) is 0 Å². The highest BCUT2D eigenvalue weighted by Gasteiger charge is 2.19. The summed E-state index contributed by atoms with van der Waals surface area (Å²) in [6.07, 6.45) is 1.28. The van der Waals surface area contributed by atoms with Gasteiger partial charge in [0.05, 0.1) is 11.1 Å². The minimum atomic E-state index is 0.146. The van der Waals surface area contributed by atoms with Gasteiger partial charge in [0.2, 0.25) is 0 Å². The lowest BCUT2D eigenvalue weighted by Gasteiger charge is -2.30. The molecule has 0 spiro atoms. The third-order valence-electron chi connectivity index (χ3n) is 3.55. The number of morpholine rings is 1. The summed E-state index contributed by atoms with van der Waals surface area (Å²) in [5.41, 5.74) is 1.18. The third kappa shape index (κ3) is 5.25. The van der Waals surface area contributed by atoms with Crippen molar-refractivity contribution in [1.29, 1.82) is 0 Å². The Morgan fingerprint density at radius 1 is 1.48 bits per heavy atom. The Balaban J connectivity index is 1.94. The Labute approximate surface area is 135 Å². The summed E-state index contributed by atoms with van der Waals surface area (Å²) in [6.45, 7) is 7.31. The number of nitrogens with zero attached hydrogens (tertiary/aromatic N) is 1. The predicted molar refractivity (Wildman–Crippen MR) is 88.9 cm³/mol. The number of halogens is 1. The third-order valence-corrected chi connectivity index (χ3v) is 4.17. The van der Waals surface area contributed by atoms with Crippen LogP contribution in [-0.2, 0) is 11.3 Å². The minimum Gasteiger partial charge on any atom is -0.489 e. The van der Waals surface area contributed by atoms with Crippen molar-refractivity contribution in [3.05, 3.63) is 28.2 Å². The fourth-order valence-electron chi connectivity index (χ4n) is 2.40. The Bertz CT molecular complexity index is 442. The maximum atomic E-state index is 6.05. The molecule has 21 heavy (non-hydrogen) atoms. The molecule has 0 aliphatic carbocycles. The van der Waals surface area contributed by atoms with Gasteiger partial charge in [-0.25, -0.2) is 0 Å². The maximum Gasteiger partial charge on any atom is 0.138 e. The smallest absolute Gasteiger partial charge is 0.138 e. The van der Waals surface area contributed by atoms with Gasteiger partial charge in [0, 0.05) is 25.2 Å². The van der Waals surface area contributed by atoms with Gasteiger partial charge in [0.1, 0.15) is 18.5 Å². The summed E-state index contributed by atoms with van der Waals surface area (Å²) >= 11 is 3.59. The zero-order valence-electron chi connectivity index (χ0n) is 12.9. The summed E-state index contributed by atoms with van der Waals surface area (Å²) in [6, 6.07) is 6.17. The highest BCUT2D eigenvalue weighted by molar-refractivity contribution is 9.10. The number of likely N-dealkylation sites (N-methyl/N-ethyl adjacent to an activating group) is 1. The number of nitrogens with one attached hydrogen (secondary N) is 1. The molecular weight excluding hydrogens is 332 g/mol. The van der Waals surface area contributed by atoms with Gasteiger partial charge in [-0.1, -0.05) is 19.1 Å². The van der Waals surface area contributed by atoms with Gasteiger partial charge in [-0.05, 0) is 42.0 Å². The lowest BCUT2D eigenvalue weighted by atomic mass is 10.2. The van der Waals surface area contributed by atoms with Crippen molar-refractivity contribution in [1.82, 2.24) is 10.2 Å². The number of hydrogen-bond donors (Lipinski definition) is 1. The summed E-state index contributed by atoms with van der Waals surface area (Å²) < 4.78 is 12.8. The fourth-order valence-corrected chi connectivity index (χ4v) is 2.92. The molecule has 0 radical (unpaired) electrons. The van der Waals surface area contributed by atoms with E-state index in [0.717, 1.165) is 49.4 Å². The van der Waals surface area contributed by atoms with Crippen LogP contribution in [0.2, 0.25) is 0 Å². The van der Waals surface area contributed by atoms with Crippen LogP contribution in [0.3, 0.4) is 0 Å². The predicted octanol–water partition coefficient (Wildman–Crippen LogP) is 2.66. The normalized spacial score (nSPS) is 19.7. The highest BCUT2D eigenvalue weighted by Crippen LogP contribution is 2.29. The first-order chi connectivity index (χ1) is 10.2. The standard InChI is InChI=1S/C16H25BrN2O2/c1-3-7-18-10-13-5-4-6-15(17)16(13)21-12-14-11-19(2)8-9-20-14/h4-6,14,18H,3,7-12H2,1-2H3. The van der Waals surface area contributed by atoms with Crippen LogP contribution in [0.1, 0.15) is 18.9 Å². The van der Waals surface area contributed by atoms with Crippen molar-refractivity contribution in [2.24, 2.45) is 0 Å². The van der Waals surface area contributed by atoms with Crippen molar-refractivity contribution < 1.29 is 9.47 Å². The molecule has 0 saturated carbocycles. The number of hydrogen-bond acceptors (Lipinski definition) is 4. The van der Waals surface area contributed by atoms with E-state index in [0.29, 0.717) is 6.61 Å². The molecule has 1 atom stereocenters. The molecule has 1 fully saturated rings. The number of benzene rings is 1. The van der Waals surface area contributed by atoms with Gasteiger partial charge in [-0.3, -0.25) is 0 Å². The lowest BCUT2D eigenvalue weighted by molar-refractivity contribution is -0.0405. The van der Waals surface area contributed by atoms with Crippen LogP contribution in [-0.4, -0.2) is 50.9 Å². The van der Waals surface area contributed by atoms with E-state index in [9.17, 15) is 0 Å². The zero-order valence-corrected chi connectivity index (χ0v) is 14.5. The molecule has 1 N–H and O–H groups in total. The number of ether oxygens (including phenoxy) is 2. The number of para-hydroxylation sites is 1. The first-order valence-corrected chi connectivity index (χ1v) is 8.41. The van der Waals surface area contributed by atoms with Crippen molar-refractivity contribution in [3.63, 3.8) is 0 Å². The molecule has 118 valence electrons. The van der Waals surface area contributed by atoms with Crippen LogP contribution in [0.15, 0.2) is 22.7 Å².